The Balaban J connectivity index is 2.14. The summed E-state index contributed by atoms with van der Waals surface area (Å²) in [5.41, 5.74) is 0.924. The third kappa shape index (κ3) is 1.78. The first-order valence-electron chi connectivity index (χ1n) is 3.44. The van der Waals surface area contributed by atoms with Crippen LogP contribution in [0.5, 0.6) is 0 Å². The molecule has 0 saturated heterocycles. The van der Waals surface area contributed by atoms with Crippen LogP contribution in [0.4, 0.5) is 0 Å². The Kier molecular flexibility index (Phi) is 2.29. The lowest BCUT2D eigenvalue weighted by Gasteiger charge is -1.80. The molecule has 4 heteroatoms. The highest BCUT2D eigenvalue weighted by molar-refractivity contribution is 7.10. The first kappa shape index (κ1) is 7.64. The van der Waals surface area contributed by atoms with E-state index in [4.69, 9.17) is 0 Å². The Morgan fingerprint density at radius 1 is 1.33 bits per heavy atom. The summed E-state index contributed by atoms with van der Waals surface area (Å²) in [6.07, 6.45) is 4.01. The smallest absolute Gasteiger partial charge is 0.0982 e. The molecule has 12 heavy (non-hydrogen) atoms. The molecule has 0 aliphatic heterocycles. The Hall–Kier alpha value is -1.00. The van der Waals surface area contributed by atoms with Crippen molar-refractivity contribution in [2.75, 3.05) is 0 Å². The van der Waals surface area contributed by atoms with E-state index >= 15 is 0 Å². The Labute approximate surface area is 78.4 Å². The van der Waals surface area contributed by atoms with Crippen LogP contribution in [0, 0.1) is 0 Å². The fourth-order valence-corrected chi connectivity index (χ4v) is 1.84. The average molecular weight is 194 g/mol. The van der Waals surface area contributed by atoms with Gasteiger partial charge >= 0.3 is 0 Å². The molecule has 0 bridgehead atoms. The van der Waals surface area contributed by atoms with E-state index < -0.39 is 0 Å². The van der Waals surface area contributed by atoms with Crippen LogP contribution < -0.4 is 0 Å². The van der Waals surface area contributed by atoms with Crippen molar-refractivity contribution >= 4 is 35.0 Å². The van der Waals surface area contributed by atoms with E-state index in [0.717, 1.165) is 5.69 Å². The van der Waals surface area contributed by atoms with Crippen LogP contribution in [-0.2, 0) is 0 Å². The molecule has 2 aromatic rings. The normalized spacial score (nSPS) is 11.0. The minimum atomic E-state index is 0.924. The lowest BCUT2D eigenvalue weighted by molar-refractivity contribution is 1.14. The summed E-state index contributed by atoms with van der Waals surface area (Å²) in [5.74, 6) is 0. The fourth-order valence-electron chi connectivity index (χ4n) is 0.798. The molecule has 60 valence electrons. The molecule has 0 saturated carbocycles. The summed E-state index contributed by atoms with van der Waals surface area (Å²) < 4.78 is 3.77. The molecule has 0 aromatic carbocycles. The van der Waals surface area contributed by atoms with Crippen molar-refractivity contribution in [2.24, 2.45) is 0 Å². The lowest BCUT2D eigenvalue weighted by Crippen LogP contribution is -1.68. The molecule has 0 N–H and O–H groups in total. The van der Waals surface area contributed by atoms with Gasteiger partial charge in [-0.2, -0.15) is 0 Å². The predicted molar refractivity (Wildman–Crippen MR) is 53.2 cm³/mol. The molecule has 0 aliphatic rings. The van der Waals surface area contributed by atoms with Crippen LogP contribution in [0.1, 0.15) is 10.6 Å². The van der Waals surface area contributed by atoms with Gasteiger partial charge in [-0.05, 0) is 35.1 Å². The first-order valence-corrected chi connectivity index (χ1v) is 5.15. The third-order valence-electron chi connectivity index (χ3n) is 1.34. The number of nitrogens with zero attached hydrogens (tertiary/aromatic N) is 2. The van der Waals surface area contributed by atoms with Crippen LogP contribution >= 0.6 is 22.9 Å². The van der Waals surface area contributed by atoms with E-state index in [1.807, 2.05) is 23.6 Å². The maximum atomic E-state index is 3.90. The van der Waals surface area contributed by atoms with Gasteiger partial charge in [0.2, 0.25) is 0 Å². The minimum Gasteiger partial charge on any atom is -0.144 e. The maximum Gasteiger partial charge on any atom is 0.0982 e. The molecule has 0 aliphatic carbocycles. The van der Waals surface area contributed by atoms with E-state index in [1.165, 1.54) is 16.4 Å². The standard InChI is InChI=1S/C8H6N2S2/c1-2-8(11-5-1)4-3-7-6-12-10-9-7/h1-6H. The maximum absolute atomic E-state index is 3.90. The van der Waals surface area contributed by atoms with Gasteiger partial charge in [-0.15, -0.1) is 16.4 Å². The van der Waals surface area contributed by atoms with E-state index in [1.54, 1.807) is 11.3 Å². The van der Waals surface area contributed by atoms with Crippen molar-refractivity contribution in [1.29, 1.82) is 0 Å². The number of thiophene rings is 1. The average Bonchev–Trinajstić information content (AvgIpc) is 2.74. The Morgan fingerprint density at radius 3 is 3.00 bits per heavy atom. The molecule has 0 fully saturated rings. The Bertz CT molecular complexity index is 312. The molecule has 0 atom stereocenters. The molecule has 2 heterocycles. The lowest BCUT2D eigenvalue weighted by atomic mass is 10.4. The van der Waals surface area contributed by atoms with Gasteiger partial charge in [0.1, 0.15) is 0 Å². The van der Waals surface area contributed by atoms with Crippen molar-refractivity contribution < 1.29 is 0 Å². The highest BCUT2D eigenvalue weighted by Gasteiger charge is 1.89. The zero-order valence-corrected chi connectivity index (χ0v) is 7.81. The van der Waals surface area contributed by atoms with Crippen LogP contribution in [0.3, 0.4) is 0 Å². The summed E-state index contributed by atoms with van der Waals surface area (Å²) in [4.78, 5) is 1.24. The topological polar surface area (TPSA) is 25.8 Å². The van der Waals surface area contributed by atoms with Crippen LogP contribution in [0.2, 0.25) is 0 Å². The molecule has 0 amide bonds. The molecule has 0 radical (unpaired) electrons. The minimum absolute atomic E-state index is 0.924. The number of hydrogen-bond donors (Lipinski definition) is 0. The van der Waals surface area contributed by atoms with E-state index in [0.29, 0.717) is 0 Å². The van der Waals surface area contributed by atoms with Crippen LogP contribution in [-0.4, -0.2) is 9.59 Å². The van der Waals surface area contributed by atoms with Gasteiger partial charge < -0.3 is 0 Å². The SMILES string of the molecule is C(=Cc1cccs1)c1csnn1. The van der Waals surface area contributed by atoms with Crippen molar-refractivity contribution in [2.45, 2.75) is 0 Å². The largest absolute Gasteiger partial charge is 0.144 e. The molecule has 2 rings (SSSR count). The van der Waals surface area contributed by atoms with Crippen LogP contribution in [0.15, 0.2) is 22.9 Å². The highest BCUT2D eigenvalue weighted by atomic mass is 32.1. The fraction of sp³-hybridized carbons (Fsp3) is 0. The number of rotatable bonds is 2. The van der Waals surface area contributed by atoms with Crippen molar-refractivity contribution in [3.63, 3.8) is 0 Å². The van der Waals surface area contributed by atoms with E-state index in [2.05, 4.69) is 21.0 Å². The first-order chi connectivity index (χ1) is 5.95. The van der Waals surface area contributed by atoms with Crippen molar-refractivity contribution in [3.8, 4) is 0 Å². The van der Waals surface area contributed by atoms with Gasteiger partial charge in [-0.25, -0.2) is 0 Å². The molecule has 0 spiro atoms. The molecule has 2 aromatic heterocycles. The number of hydrogen-bond acceptors (Lipinski definition) is 4. The monoisotopic (exact) mass is 194 g/mol. The molecule has 2 nitrogen and oxygen atoms in total. The molecular formula is C8H6N2S2. The van der Waals surface area contributed by atoms with E-state index in [9.17, 15) is 0 Å². The van der Waals surface area contributed by atoms with Gasteiger partial charge in [-0.3, -0.25) is 0 Å². The number of aromatic nitrogens is 2. The summed E-state index contributed by atoms with van der Waals surface area (Å²) >= 11 is 3.08. The summed E-state index contributed by atoms with van der Waals surface area (Å²) in [6.45, 7) is 0. The van der Waals surface area contributed by atoms with Gasteiger partial charge in [-0.1, -0.05) is 10.6 Å². The van der Waals surface area contributed by atoms with Gasteiger partial charge in [0.25, 0.3) is 0 Å². The summed E-state index contributed by atoms with van der Waals surface area (Å²) in [7, 11) is 0. The Morgan fingerprint density at radius 2 is 2.33 bits per heavy atom. The second-order valence-electron chi connectivity index (χ2n) is 2.18. The second kappa shape index (κ2) is 3.60. The van der Waals surface area contributed by atoms with Crippen molar-refractivity contribution in [3.05, 3.63) is 33.5 Å². The third-order valence-corrected chi connectivity index (χ3v) is 2.70. The molecule has 0 unspecified atom stereocenters. The van der Waals surface area contributed by atoms with Crippen molar-refractivity contribution in [1.82, 2.24) is 9.59 Å². The van der Waals surface area contributed by atoms with Gasteiger partial charge in [0, 0.05) is 10.3 Å². The van der Waals surface area contributed by atoms with E-state index in [-0.39, 0.29) is 0 Å². The zero-order valence-electron chi connectivity index (χ0n) is 6.18. The second-order valence-corrected chi connectivity index (χ2v) is 3.77. The highest BCUT2D eigenvalue weighted by Crippen LogP contribution is 2.12. The van der Waals surface area contributed by atoms with Crippen LogP contribution in [0.25, 0.3) is 12.2 Å². The molecular weight excluding hydrogens is 188 g/mol. The van der Waals surface area contributed by atoms with Gasteiger partial charge in [0.05, 0.1) is 5.69 Å². The summed E-state index contributed by atoms with van der Waals surface area (Å²) in [6, 6.07) is 4.10. The predicted octanol–water partition coefficient (Wildman–Crippen LogP) is 2.77. The summed E-state index contributed by atoms with van der Waals surface area (Å²) in [5, 5.41) is 7.88. The zero-order chi connectivity index (χ0) is 8.23. The quantitative estimate of drug-likeness (QED) is 0.734. The van der Waals surface area contributed by atoms with Gasteiger partial charge in [0.15, 0.2) is 0 Å².